The van der Waals surface area contributed by atoms with Gasteiger partial charge in [0.2, 0.25) is 5.75 Å². The fourth-order valence-corrected chi connectivity index (χ4v) is 3.72. The number of hydrazone groups is 1. The molecule has 9 nitrogen and oxygen atoms in total. The van der Waals surface area contributed by atoms with E-state index in [-0.39, 0.29) is 18.2 Å². The van der Waals surface area contributed by atoms with E-state index in [2.05, 4.69) is 20.3 Å². The molecule has 1 heterocycles. The van der Waals surface area contributed by atoms with Gasteiger partial charge in [-0.2, -0.15) is 5.10 Å². The zero-order valence-corrected chi connectivity index (χ0v) is 20.3. The number of methoxy groups -OCH3 is 2. The molecule has 0 bridgehead atoms. The van der Waals surface area contributed by atoms with E-state index in [1.165, 1.54) is 32.9 Å². The molecule has 1 aliphatic heterocycles. The van der Waals surface area contributed by atoms with Crippen molar-refractivity contribution in [2.45, 2.75) is 13.5 Å². The number of benzene rings is 2. The van der Waals surface area contributed by atoms with Gasteiger partial charge in [0.05, 0.1) is 27.0 Å². The van der Waals surface area contributed by atoms with E-state index in [1.54, 1.807) is 12.1 Å². The van der Waals surface area contributed by atoms with Crippen molar-refractivity contribution in [2.24, 2.45) is 5.10 Å². The summed E-state index contributed by atoms with van der Waals surface area (Å²) >= 11 is 5.95. The lowest BCUT2D eigenvalue weighted by Gasteiger charge is -2.34. The predicted molar refractivity (Wildman–Crippen MR) is 130 cm³/mol. The average Bonchev–Trinajstić information content (AvgIpc) is 2.82. The summed E-state index contributed by atoms with van der Waals surface area (Å²) in [6.07, 6.45) is 1.48. The van der Waals surface area contributed by atoms with Crippen molar-refractivity contribution in [2.75, 3.05) is 46.9 Å². The van der Waals surface area contributed by atoms with E-state index in [0.717, 1.165) is 37.7 Å². The molecule has 182 valence electrons. The van der Waals surface area contributed by atoms with E-state index in [0.29, 0.717) is 17.1 Å². The van der Waals surface area contributed by atoms with Crippen LogP contribution in [-0.4, -0.2) is 74.8 Å². The molecule has 0 unspecified atom stereocenters. The number of hydrogen-bond donors (Lipinski definition) is 1. The quantitative estimate of drug-likeness (QED) is 0.251. The molecule has 0 atom stereocenters. The molecule has 2 aromatic carbocycles. The molecule has 1 aliphatic rings. The van der Waals surface area contributed by atoms with Gasteiger partial charge >= 0.3 is 5.97 Å². The fourth-order valence-electron chi connectivity index (χ4n) is 3.59. The molecule has 1 saturated heterocycles. The highest BCUT2D eigenvalue weighted by Gasteiger charge is 2.19. The normalized spacial score (nSPS) is 14.7. The highest BCUT2D eigenvalue weighted by Crippen LogP contribution is 2.38. The molecule has 0 radical (unpaired) electrons. The first kappa shape index (κ1) is 25.5. The van der Waals surface area contributed by atoms with Crippen LogP contribution >= 0.6 is 11.6 Å². The van der Waals surface area contributed by atoms with Gasteiger partial charge in [0.15, 0.2) is 11.5 Å². The lowest BCUT2D eigenvalue weighted by atomic mass is 10.2. The lowest BCUT2D eigenvalue weighted by molar-refractivity contribution is -0.132. The Labute approximate surface area is 204 Å². The van der Waals surface area contributed by atoms with E-state index in [4.69, 9.17) is 25.8 Å². The monoisotopic (exact) mass is 488 g/mol. The third-order valence-corrected chi connectivity index (χ3v) is 5.54. The highest BCUT2D eigenvalue weighted by molar-refractivity contribution is 6.30. The van der Waals surface area contributed by atoms with E-state index in [9.17, 15) is 9.59 Å². The summed E-state index contributed by atoms with van der Waals surface area (Å²) in [7, 11) is 2.92. The summed E-state index contributed by atoms with van der Waals surface area (Å²) in [6, 6.07) is 11.1. The Morgan fingerprint density at radius 1 is 1.03 bits per heavy atom. The Balaban J connectivity index is 1.48. The second kappa shape index (κ2) is 12.4. The summed E-state index contributed by atoms with van der Waals surface area (Å²) in [6.45, 7) is 5.80. The average molecular weight is 489 g/mol. The molecular formula is C24H29ClN4O5. The Bertz CT molecular complexity index is 996. The van der Waals surface area contributed by atoms with Gasteiger partial charge in [0.1, 0.15) is 0 Å². The first-order chi connectivity index (χ1) is 16.4. The van der Waals surface area contributed by atoms with Crippen LogP contribution in [0.5, 0.6) is 17.2 Å². The molecule has 1 amide bonds. The van der Waals surface area contributed by atoms with Gasteiger partial charge in [-0.3, -0.25) is 19.4 Å². The van der Waals surface area contributed by atoms with Crippen LogP contribution in [0.2, 0.25) is 5.02 Å². The standard InChI is InChI=1S/C24H29ClN4O5/c1-17(30)34-24-21(32-2)12-19(13-22(24)33-3)14-26-27-23(31)16-29-10-8-28(9-11-29)15-18-4-6-20(25)7-5-18/h4-7,12-14H,8-11,15-16H2,1-3H3,(H,27,31)/b26-14-. The van der Waals surface area contributed by atoms with Crippen molar-refractivity contribution in [3.05, 3.63) is 52.5 Å². The zero-order chi connectivity index (χ0) is 24.5. The molecule has 1 N–H and O–H groups in total. The number of ether oxygens (including phenoxy) is 3. The molecule has 0 spiro atoms. The Hall–Kier alpha value is -3.14. The zero-order valence-electron chi connectivity index (χ0n) is 19.5. The number of nitrogens with one attached hydrogen (secondary N) is 1. The van der Waals surface area contributed by atoms with Crippen molar-refractivity contribution < 1.29 is 23.8 Å². The molecule has 0 saturated carbocycles. The van der Waals surface area contributed by atoms with Crippen molar-refractivity contribution in [1.82, 2.24) is 15.2 Å². The number of rotatable bonds is 9. The van der Waals surface area contributed by atoms with Gasteiger partial charge in [0, 0.05) is 50.2 Å². The topological polar surface area (TPSA) is 92.7 Å². The Kier molecular flexibility index (Phi) is 9.26. The van der Waals surface area contributed by atoms with Crippen LogP contribution < -0.4 is 19.6 Å². The van der Waals surface area contributed by atoms with E-state index < -0.39 is 5.97 Å². The second-order valence-electron chi connectivity index (χ2n) is 7.82. The largest absolute Gasteiger partial charge is 0.493 e. The third-order valence-electron chi connectivity index (χ3n) is 5.28. The molecule has 0 aliphatic carbocycles. The highest BCUT2D eigenvalue weighted by atomic mass is 35.5. The maximum absolute atomic E-state index is 12.3. The lowest BCUT2D eigenvalue weighted by Crippen LogP contribution is -2.48. The van der Waals surface area contributed by atoms with E-state index >= 15 is 0 Å². The summed E-state index contributed by atoms with van der Waals surface area (Å²) in [5, 5.41) is 4.77. The number of halogens is 1. The molecule has 1 fully saturated rings. The molecular weight excluding hydrogens is 460 g/mol. The minimum atomic E-state index is -0.490. The molecule has 0 aromatic heterocycles. The van der Waals surface area contributed by atoms with Crippen LogP contribution in [0.25, 0.3) is 0 Å². The second-order valence-corrected chi connectivity index (χ2v) is 8.26. The van der Waals surface area contributed by atoms with Crippen molar-refractivity contribution in [1.29, 1.82) is 0 Å². The number of carbonyl (C=O) groups is 2. The van der Waals surface area contributed by atoms with Crippen LogP contribution in [0.3, 0.4) is 0 Å². The number of piperazine rings is 1. The van der Waals surface area contributed by atoms with Gasteiger partial charge in [0.25, 0.3) is 5.91 Å². The van der Waals surface area contributed by atoms with Crippen molar-refractivity contribution in [3.8, 4) is 17.2 Å². The van der Waals surface area contributed by atoms with Gasteiger partial charge < -0.3 is 14.2 Å². The Morgan fingerprint density at radius 2 is 1.62 bits per heavy atom. The minimum Gasteiger partial charge on any atom is -0.493 e. The molecule has 3 rings (SSSR count). The number of amides is 1. The van der Waals surface area contributed by atoms with Crippen LogP contribution in [0.1, 0.15) is 18.1 Å². The maximum atomic E-state index is 12.3. The third kappa shape index (κ3) is 7.44. The van der Waals surface area contributed by atoms with Crippen molar-refractivity contribution in [3.63, 3.8) is 0 Å². The van der Waals surface area contributed by atoms with E-state index in [1.807, 2.05) is 24.3 Å². The van der Waals surface area contributed by atoms with Crippen molar-refractivity contribution >= 4 is 29.7 Å². The summed E-state index contributed by atoms with van der Waals surface area (Å²) in [4.78, 5) is 28.1. The summed E-state index contributed by atoms with van der Waals surface area (Å²) in [5.74, 6) is 0.139. The van der Waals surface area contributed by atoms with Crippen LogP contribution in [-0.2, 0) is 16.1 Å². The first-order valence-electron chi connectivity index (χ1n) is 10.8. The number of carbonyl (C=O) groups excluding carboxylic acids is 2. The number of hydrogen-bond acceptors (Lipinski definition) is 8. The number of esters is 1. The van der Waals surface area contributed by atoms with Gasteiger partial charge in [-0.15, -0.1) is 0 Å². The SMILES string of the molecule is COc1cc(/C=N\NC(=O)CN2CCN(Cc3ccc(Cl)cc3)CC2)cc(OC)c1OC(C)=O. The van der Waals surface area contributed by atoms with Crippen LogP contribution in [0.15, 0.2) is 41.5 Å². The maximum Gasteiger partial charge on any atom is 0.308 e. The molecule has 2 aromatic rings. The van der Waals surface area contributed by atoms with Gasteiger partial charge in [-0.25, -0.2) is 5.43 Å². The van der Waals surface area contributed by atoms with Crippen LogP contribution in [0.4, 0.5) is 0 Å². The molecule has 10 heteroatoms. The predicted octanol–water partition coefficient (Wildman–Crippen LogP) is 2.55. The minimum absolute atomic E-state index is 0.189. The van der Waals surface area contributed by atoms with Gasteiger partial charge in [-0.1, -0.05) is 23.7 Å². The molecule has 34 heavy (non-hydrogen) atoms. The van der Waals surface area contributed by atoms with Gasteiger partial charge in [-0.05, 0) is 29.8 Å². The summed E-state index contributed by atoms with van der Waals surface area (Å²) in [5.41, 5.74) is 4.39. The fraction of sp³-hybridized carbons (Fsp3) is 0.375. The smallest absolute Gasteiger partial charge is 0.308 e. The first-order valence-corrected chi connectivity index (χ1v) is 11.2. The van der Waals surface area contributed by atoms with Crippen LogP contribution in [0, 0.1) is 0 Å². The number of nitrogens with zero attached hydrogens (tertiary/aromatic N) is 3. The summed E-state index contributed by atoms with van der Waals surface area (Å²) < 4.78 is 15.7. The Morgan fingerprint density at radius 3 is 2.18 bits per heavy atom.